The molecule has 0 aromatic carbocycles. The van der Waals surface area contributed by atoms with E-state index in [-0.39, 0.29) is 18.1 Å². The molecule has 136 valence electrons. The van der Waals surface area contributed by atoms with Crippen LogP contribution in [0, 0.1) is 6.92 Å². The van der Waals surface area contributed by atoms with E-state index in [0.717, 1.165) is 11.3 Å². The third kappa shape index (κ3) is 2.94. The summed E-state index contributed by atoms with van der Waals surface area (Å²) in [6.07, 6.45) is 1.75. The molecule has 0 saturated carbocycles. The Morgan fingerprint density at radius 2 is 1.96 bits per heavy atom. The Hall–Kier alpha value is -2.80. The van der Waals surface area contributed by atoms with E-state index in [0.29, 0.717) is 35.8 Å². The molecule has 4 heterocycles. The molecule has 0 radical (unpaired) electrons. The van der Waals surface area contributed by atoms with Gasteiger partial charge in [-0.3, -0.25) is 4.79 Å². The second kappa shape index (κ2) is 6.17. The van der Waals surface area contributed by atoms with Crippen LogP contribution in [0.25, 0.3) is 17.0 Å². The molecule has 1 amide bonds. The first kappa shape index (κ1) is 16.7. The number of amides is 1. The van der Waals surface area contributed by atoms with Crippen LogP contribution in [0.4, 0.5) is 5.69 Å². The van der Waals surface area contributed by atoms with Gasteiger partial charge >= 0.3 is 0 Å². The summed E-state index contributed by atoms with van der Waals surface area (Å²) in [7, 11) is 0. The summed E-state index contributed by atoms with van der Waals surface area (Å²) in [5.74, 6) is 1.43. The molecule has 2 unspecified atom stereocenters. The largest absolute Gasteiger partial charge is 0.460 e. The number of morpholine rings is 1. The second-order valence-electron chi connectivity index (χ2n) is 6.92. The van der Waals surface area contributed by atoms with Crippen molar-refractivity contribution in [1.82, 2.24) is 14.5 Å². The highest BCUT2D eigenvalue weighted by Crippen LogP contribution is 2.26. The van der Waals surface area contributed by atoms with Crippen molar-refractivity contribution in [2.24, 2.45) is 0 Å². The Morgan fingerprint density at radius 3 is 2.62 bits per heavy atom. The lowest BCUT2D eigenvalue weighted by atomic mass is 10.1. The quantitative estimate of drug-likeness (QED) is 0.765. The summed E-state index contributed by atoms with van der Waals surface area (Å²) in [6, 6.07) is 7.33. The van der Waals surface area contributed by atoms with E-state index < -0.39 is 0 Å². The Labute approximate surface area is 151 Å². The highest BCUT2D eigenvalue weighted by molar-refractivity contribution is 5.96. The number of nitrogens with two attached hydrogens (primary N) is 1. The van der Waals surface area contributed by atoms with Crippen LogP contribution in [0.3, 0.4) is 0 Å². The topological polar surface area (TPSA) is 86.0 Å². The summed E-state index contributed by atoms with van der Waals surface area (Å²) in [5, 5.41) is 4.52. The van der Waals surface area contributed by atoms with Gasteiger partial charge in [-0.15, -0.1) is 0 Å². The van der Waals surface area contributed by atoms with Crippen molar-refractivity contribution in [3.8, 4) is 11.5 Å². The average Bonchev–Trinajstić information content (AvgIpc) is 3.19. The van der Waals surface area contributed by atoms with Gasteiger partial charge in [0.05, 0.1) is 29.0 Å². The summed E-state index contributed by atoms with van der Waals surface area (Å²) < 4.78 is 13.0. The Kier molecular flexibility index (Phi) is 3.96. The zero-order valence-corrected chi connectivity index (χ0v) is 15.1. The van der Waals surface area contributed by atoms with E-state index in [4.69, 9.17) is 14.9 Å². The van der Waals surface area contributed by atoms with Crippen molar-refractivity contribution in [3.05, 3.63) is 41.8 Å². The van der Waals surface area contributed by atoms with Crippen LogP contribution in [0.2, 0.25) is 0 Å². The number of nitrogen functional groups attached to an aromatic ring is 1. The van der Waals surface area contributed by atoms with Crippen LogP contribution in [0.1, 0.15) is 30.0 Å². The number of pyridine rings is 1. The molecule has 1 aliphatic heterocycles. The Bertz CT molecular complexity index is 964. The van der Waals surface area contributed by atoms with Crippen LogP contribution >= 0.6 is 0 Å². The maximum absolute atomic E-state index is 12.9. The van der Waals surface area contributed by atoms with Gasteiger partial charge < -0.3 is 19.8 Å². The number of carbonyl (C=O) groups excluding carboxylic acids is 1. The number of furan rings is 1. The predicted octanol–water partition coefficient (Wildman–Crippen LogP) is 2.73. The van der Waals surface area contributed by atoms with Gasteiger partial charge in [0.1, 0.15) is 11.5 Å². The smallest absolute Gasteiger partial charge is 0.255 e. The summed E-state index contributed by atoms with van der Waals surface area (Å²) >= 11 is 0. The number of ether oxygens (including phenoxy) is 1. The first-order valence-corrected chi connectivity index (χ1v) is 8.71. The van der Waals surface area contributed by atoms with Gasteiger partial charge in [0.2, 0.25) is 0 Å². The van der Waals surface area contributed by atoms with Crippen molar-refractivity contribution in [1.29, 1.82) is 0 Å². The second-order valence-corrected chi connectivity index (χ2v) is 6.92. The van der Waals surface area contributed by atoms with E-state index in [1.54, 1.807) is 21.7 Å². The number of hydrogen-bond acceptors (Lipinski definition) is 5. The lowest BCUT2D eigenvalue weighted by Gasteiger charge is -2.35. The normalized spacial score (nSPS) is 20.7. The van der Waals surface area contributed by atoms with Gasteiger partial charge in [-0.1, -0.05) is 0 Å². The summed E-state index contributed by atoms with van der Waals surface area (Å²) in [5.41, 5.74) is 8.64. The lowest BCUT2D eigenvalue weighted by Crippen LogP contribution is -2.48. The SMILES string of the molecule is Cc1ccc(-c2cc3c(N)cc(C(=O)N4CC(C)OC(C)C4)cn3n2)o1. The third-order valence-electron chi connectivity index (χ3n) is 4.55. The van der Waals surface area contributed by atoms with E-state index in [2.05, 4.69) is 5.10 Å². The van der Waals surface area contributed by atoms with Gasteiger partial charge in [0, 0.05) is 19.3 Å². The van der Waals surface area contributed by atoms with Crippen LogP contribution in [-0.2, 0) is 4.74 Å². The van der Waals surface area contributed by atoms with Crippen molar-refractivity contribution in [2.75, 3.05) is 18.8 Å². The first-order chi connectivity index (χ1) is 12.4. The van der Waals surface area contributed by atoms with Gasteiger partial charge in [-0.05, 0) is 45.0 Å². The standard InChI is InChI=1S/C19H22N4O3/c1-11-4-5-18(26-11)16-7-17-15(20)6-14(10-23(17)21-16)19(24)22-8-12(2)25-13(3)9-22/h4-7,10,12-13H,8-9,20H2,1-3H3. The molecule has 2 N–H and O–H groups in total. The first-order valence-electron chi connectivity index (χ1n) is 8.71. The number of aryl methyl sites for hydroxylation is 1. The van der Waals surface area contributed by atoms with Crippen LogP contribution in [-0.4, -0.2) is 45.7 Å². The minimum atomic E-state index is -0.0634. The number of aromatic nitrogens is 2. The lowest BCUT2D eigenvalue weighted by molar-refractivity contribution is -0.0586. The van der Waals surface area contributed by atoms with Crippen molar-refractivity contribution in [2.45, 2.75) is 33.0 Å². The van der Waals surface area contributed by atoms with Gasteiger partial charge in [0.15, 0.2) is 5.76 Å². The zero-order chi connectivity index (χ0) is 18.4. The monoisotopic (exact) mass is 354 g/mol. The molecule has 26 heavy (non-hydrogen) atoms. The third-order valence-corrected chi connectivity index (χ3v) is 4.55. The maximum Gasteiger partial charge on any atom is 0.255 e. The molecule has 1 aliphatic rings. The minimum absolute atomic E-state index is 0.0160. The number of fused-ring (bicyclic) bond motifs is 1. The fraction of sp³-hybridized carbons (Fsp3) is 0.368. The van der Waals surface area contributed by atoms with E-state index in [1.165, 1.54) is 0 Å². The summed E-state index contributed by atoms with van der Waals surface area (Å²) in [4.78, 5) is 14.7. The van der Waals surface area contributed by atoms with Crippen LogP contribution in [0.15, 0.2) is 34.9 Å². The van der Waals surface area contributed by atoms with Gasteiger partial charge in [-0.2, -0.15) is 5.10 Å². The highest BCUT2D eigenvalue weighted by Gasteiger charge is 2.27. The van der Waals surface area contributed by atoms with Crippen molar-refractivity contribution < 1.29 is 13.9 Å². The summed E-state index contributed by atoms with van der Waals surface area (Å²) in [6.45, 7) is 6.96. The molecule has 3 aromatic heterocycles. The minimum Gasteiger partial charge on any atom is -0.460 e. The molecule has 0 aliphatic carbocycles. The fourth-order valence-corrected chi connectivity index (χ4v) is 3.45. The zero-order valence-electron chi connectivity index (χ0n) is 15.1. The molecule has 1 saturated heterocycles. The van der Waals surface area contributed by atoms with Crippen molar-refractivity contribution >= 4 is 17.1 Å². The van der Waals surface area contributed by atoms with Crippen LogP contribution < -0.4 is 5.73 Å². The number of anilines is 1. The molecule has 7 nitrogen and oxygen atoms in total. The van der Waals surface area contributed by atoms with E-state index in [9.17, 15) is 4.79 Å². The number of carbonyl (C=O) groups is 1. The van der Waals surface area contributed by atoms with Crippen molar-refractivity contribution in [3.63, 3.8) is 0 Å². The van der Waals surface area contributed by atoms with Crippen LogP contribution in [0.5, 0.6) is 0 Å². The molecule has 7 heteroatoms. The highest BCUT2D eigenvalue weighted by atomic mass is 16.5. The molecule has 3 aromatic rings. The maximum atomic E-state index is 12.9. The average molecular weight is 354 g/mol. The van der Waals surface area contributed by atoms with Gasteiger partial charge in [-0.25, -0.2) is 4.52 Å². The molecule has 0 spiro atoms. The molecular weight excluding hydrogens is 332 g/mol. The number of nitrogens with zero attached hydrogens (tertiary/aromatic N) is 3. The van der Waals surface area contributed by atoms with E-state index >= 15 is 0 Å². The molecule has 4 rings (SSSR count). The molecule has 0 bridgehead atoms. The number of rotatable bonds is 2. The van der Waals surface area contributed by atoms with E-state index in [1.807, 2.05) is 39.0 Å². The molecule has 1 fully saturated rings. The Balaban J connectivity index is 1.69. The predicted molar refractivity (Wildman–Crippen MR) is 98.0 cm³/mol. The molecule has 2 atom stereocenters. The molecular formula is C19H22N4O3. The fourth-order valence-electron chi connectivity index (χ4n) is 3.45. The number of hydrogen-bond donors (Lipinski definition) is 1. The Morgan fingerprint density at radius 1 is 1.23 bits per heavy atom. The van der Waals surface area contributed by atoms with Gasteiger partial charge in [0.25, 0.3) is 5.91 Å².